The molecule has 0 saturated carbocycles. The van der Waals surface area contributed by atoms with Gasteiger partial charge in [-0.3, -0.25) is 10.1 Å². The quantitative estimate of drug-likeness (QED) is 0.239. The Balaban J connectivity index is 0.000000810. The lowest BCUT2D eigenvalue weighted by Gasteiger charge is -1.97. The smallest absolute Gasteiger partial charge is 0.260 e. The van der Waals surface area contributed by atoms with Crippen LogP contribution in [0.2, 0.25) is 0 Å². The third kappa shape index (κ3) is 1.56. The molecule has 0 fully saturated rings. The lowest BCUT2D eigenvalue weighted by molar-refractivity contribution is -0.527. The molecule has 0 saturated heterocycles. The number of rotatable bonds is 1. The topological polar surface area (TPSA) is 92.6 Å². The van der Waals surface area contributed by atoms with Crippen LogP contribution in [0.3, 0.4) is 0 Å². The van der Waals surface area contributed by atoms with E-state index in [1.54, 1.807) is 0 Å². The first kappa shape index (κ1) is 9.62. The SMILES string of the molecule is Cl.O=[N+]([O-])C1(I)N=NN=N1. The van der Waals surface area contributed by atoms with Gasteiger partial charge in [-0.2, -0.15) is 0 Å². The first-order valence-corrected chi connectivity index (χ1v) is 2.90. The van der Waals surface area contributed by atoms with Gasteiger partial charge in [0, 0.05) is 0 Å². The normalized spacial score (nSPS) is 18.5. The molecule has 10 heavy (non-hydrogen) atoms. The van der Waals surface area contributed by atoms with Crippen LogP contribution in [0, 0.1) is 10.1 Å². The number of halogens is 2. The lowest BCUT2D eigenvalue weighted by atomic mass is 11.0. The van der Waals surface area contributed by atoms with Crippen LogP contribution in [-0.4, -0.2) is 8.72 Å². The monoisotopic (exact) mass is 277 g/mol. The molecule has 0 aromatic rings. The summed E-state index contributed by atoms with van der Waals surface area (Å²) in [5.41, 5.74) is 0. The van der Waals surface area contributed by atoms with E-state index in [1.807, 2.05) is 0 Å². The molecule has 7 nitrogen and oxygen atoms in total. The van der Waals surface area contributed by atoms with E-state index in [0.29, 0.717) is 0 Å². The van der Waals surface area contributed by atoms with Crippen molar-refractivity contribution in [2.45, 2.75) is 3.79 Å². The maximum absolute atomic E-state index is 10.0. The molecule has 0 radical (unpaired) electrons. The van der Waals surface area contributed by atoms with Gasteiger partial charge in [0.15, 0.2) is 0 Å². The van der Waals surface area contributed by atoms with Crippen molar-refractivity contribution in [3.8, 4) is 0 Å². The minimum Gasteiger partial charge on any atom is -0.260 e. The summed E-state index contributed by atoms with van der Waals surface area (Å²) in [6.07, 6.45) is 0. The van der Waals surface area contributed by atoms with Gasteiger partial charge in [-0.1, -0.05) is 10.2 Å². The minimum absolute atomic E-state index is 0. The Morgan fingerprint density at radius 3 is 2.00 bits per heavy atom. The van der Waals surface area contributed by atoms with E-state index in [2.05, 4.69) is 20.7 Å². The molecule has 1 rings (SSSR count). The largest absolute Gasteiger partial charge is 0.496 e. The Bertz CT molecular complexity index is 190. The Labute approximate surface area is 74.7 Å². The number of hydrogen-bond donors (Lipinski definition) is 0. The summed E-state index contributed by atoms with van der Waals surface area (Å²) in [5, 5.41) is 22.3. The highest BCUT2D eigenvalue weighted by Gasteiger charge is 2.43. The van der Waals surface area contributed by atoms with Crippen molar-refractivity contribution in [2.75, 3.05) is 0 Å². The summed E-state index contributed by atoms with van der Waals surface area (Å²) < 4.78 is -1.70. The maximum Gasteiger partial charge on any atom is 0.496 e. The minimum atomic E-state index is -1.70. The van der Waals surface area contributed by atoms with Crippen LogP contribution < -0.4 is 0 Å². The second kappa shape index (κ2) is 3.14. The van der Waals surface area contributed by atoms with Crippen molar-refractivity contribution < 1.29 is 4.92 Å². The first-order chi connectivity index (χ1) is 4.15. The molecule has 0 N–H and O–H groups in total. The van der Waals surface area contributed by atoms with Gasteiger partial charge in [0.2, 0.25) is 0 Å². The van der Waals surface area contributed by atoms with Crippen LogP contribution >= 0.6 is 35.0 Å². The van der Waals surface area contributed by atoms with Gasteiger partial charge in [0.1, 0.15) is 0 Å². The molecule has 0 aromatic carbocycles. The maximum atomic E-state index is 10.0. The van der Waals surface area contributed by atoms with E-state index < -0.39 is 8.72 Å². The molecular weight excluding hydrogens is 276 g/mol. The molecule has 1 aliphatic heterocycles. The highest BCUT2D eigenvalue weighted by molar-refractivity contribution is 14.1. The zero-order valence-corrected chi connectivity index (χ0v) is 7.31. The summed E-state index contributed by atoms with van der Waals surface area (Å²) >= 11 is 1.44. The standard InChI is InChI=1S/CIN5O2.ClH/c2-1(7(8)9)3-5-6-4-1;/h;1H. The third-order valence-corrected chi connectivity index (χ3v) is 1.44. The average molecular weight is 277 g/mol. The number of hydrogen-bond acceptors (Lipinski definition) is 6. The van der Waals surface area contributed by atoms with Gasteiger partial charge < -0.3 is 0 Å². The van der Waals surface area contributed by atoms with Crippen LogP contribution in [0.5, 0.6) is 0 Å². The first-order valence-electron chi connectivity index (χ1n) is 1.82. The summed E-state index contributed by atoms with van der Waals surface area (Å²) in [7, 11) is 0. The van der Waals surface area contributed by atoms with Gasteiger partial charge in [-0.15, -0.1) is 12.4 Å². The molecule has 0 amide bonds. The van der Waals surface area contributed by atoms with Gasteiger partial charge in [0.25, 0.3) is 0 Å². The summed E-state index contributed by atoms with van der Waals surface area (Å²) in [6, 6.07) is 0. The van der Waals surface area contributed by atoms with E-state index in [9.17, 15) is 10.1 Å². The van der Waals surface area contributed by atoms with Crippen molar-refractivity contribution >= 4 is 35.0 Å². The molecule has 0 atom stereocenters. The number of nitrogens with zero attached hydrogens (tertiary/aromatic N) is 5. The molecule has 0 spiro atoms. The highest BCUT2D eigenvalue weighted by Crippen LogP contribution is 2.27. The summed E-state index contributed by atoms with van der Waals surface area (Å²) in [6.45, 7) is 0. The summed E-state index contributed by atoms with van der Waals surface area (Å²) in [4.78, 5) is 9.34. The van der Waals surface area contributed by atoms with E-state index in [0.717, 1.165) is 0 Å². The van der Waals surface area contributed by atoms with Crippen LogP contribution in [0.4, 0.5) is 0 Å². The van der Waals surface area contributed by atoms with Crippen LogP contribution in [0.15, 0.2) is 20.7 Å². The van der Waals surface area contributed by atoms with E-state index in [1.165, 1.54) is 22.6 Å². The predicted molar refractivity (Wildman–Crippen MR) is 40.7 cm³/mol. The molecule has 1 heterocycles. The van der Waals surface area contributed by atoms with Gasteiger partial charge in [-0.05, 0) is 10.4 Å². The van der Waals surface area contributed by atoms with Gasteiger partial charge in [-0.25, -0.2) is 0 Å². The van der Waals surface area contributed by atoms with Crippen molar-refractivity contribution in [1.29, 1.82) is 0 Å². The van der Waals surface area contributed by atoms with Crippen LogP contribution in [0.1, 0.15) is 0 Å². The van der Waals surface area contributed by atoms with Crippen molar-refractivity contribution in [3.63, 3.8) is 0 Å². The zero-order chi connectivity index (χ0) is 6.91. The predicted octanol–water partition coefficient (Wildman–Crippen LogP) is 1.56. The Morgan fingerprint density at radius 2 is 1.80 bits per heavy atom. The Morgan fingerprint density at radius 1 is 1.40 bits per heavy atom. The molecule has 56 valence electrons. The third-order valence-electron chi connectivity index (χ3n) is 0.616. The summed E-state index contributed by atoms with van der Waals surface area (Å²) in [5.74, 6) is 0. The molecule has 0 aliphatic carbocycles. The van der Waals surface area contributed by atoms with E-state index in [-0.39, 0.29) is 12.4 Å². The molecule has 1 aliphatic rings. The highest BCUT2D eigenvalue weighted by atomic mass is 127. The Kier molecular flexibility index (Phi) is 3.02. The second-order valence-electron chi connectivity index (χ2n) is 1.19. The molecule has 0 unspecified atom stereocenters. The Hall–Kier alpha value is -0.380. The van der Waals surface area contributed by atoms with Crippen molar-refractivity contribution in [3.05, 3.63) is 10.1 Å². The van der Waals surface area contributed by atoms with Gasteiger partial charge >= 0.3 is 3.79 Å². The van der Waals surface area contributed by atoms with Crippen molar-refractivity contribution in [1.82, 2.24) is 0 Å². The fourth-order valence-corrected chi connectivity index (χ4v) is 0.440. The lowest BCUT2D eigenvalue weighted by Crippen LogP contribution is -2.23. The van der Waals surface area contributed by atoms with Crippen LogP contribution in [0.25, 0.3) is 0 Å². The second-order valence-corrected chi connectivity index (χ2v) is 2.64. The van der Waals surface area contributed by atoms with Gasteiger partial charge in [0.05, 0.1) is 27.5 Å². The average Bonchev–Trinajstić information content (AvgIpc) is 2.16. The number of alkyl halides is 1. The molecule has 9 heteroatoms. The van der Waals surface area contributed by atoms with Crippen LogP contribution in [-0.2, 0) is 0 Å². The fourth-order valence-electron chi connectivity index (χ4n) is 0.247. The fraction of sp³-hybridized carbons (Fsp3) is 1.00. The molecular formula is CHClIN5O2. The molecule has 0 aromatic heterocycles. The molecule has 0 bridgehead atoms. The van der Waals surface area contributed by atoms with E-state index >= 15 is 0 Å². The van der Waals surface area contributed by atoms with E-state index in [4.69, 9.17) is 0 Å². The van der Waals surface area contributed by atoms with Crippen molar-refractivity contribution in [2.24, 2.45) is 20.7 Å². The zero-order valence-electron chi connectivity index (χ0n) is 4.34. The number of nitro groups is 1.